The third kappa shape index (κ3) is 4.06. The van der Waals surface area contributed by atoms with Gasteiger partial charge in [-0.15, -0.1) is 0 Å². The molecule has 6 heteroatoms. The second-order valence-electron chi connectivity index (χ2n) is 3.76. The molecule has 0 spiro atoms. The van der Waals surface area contributed by atoms with Crippen LogP contribution >= 0.6 is 0 Å². The van der Waals surface area contributed by atoms with Gasteiger partial charge in [-0.05, 0) is 14.0 Å². The first kappa shape index (κ1) is 12.8. The highest BCUT2D eigenvalue weighted by atomic mass is 16.5. The van der Waals surface area contributed by atoms with Crippen LogP contribution in [-0.4, -0.2) is 68.2 Å². The number of esters is 1. The highest BCUT2D eigenvalue weighted by Gasteiger charge is 2.19. The number of amides is 2. The molecule has 6 nitrogen and oxygen atoms in total. The Kier molecular flexibility index (Phi) is 5.04. The van der Waals surface area contributed by atoms with Gasteiger partial charge >= 0.3 is 12.0 Å². The lowest BCUT2D eigenvalue weighted by Gasteiger charge is -2.19. The monoisotopic (exact) mass is 229 g/mol. The molecule has 1 saturated heterocycles. The van der Waals surface area contributed by atoms with E-state index in [2.05, 4.69) is 5.32 Å². The van der Waals surface area contributed by atoms with Gasteiger partial charge in [0.05, 0.1) is 13.2 Å². The molecule has 0 unspecified atom stereocenters. The number of rotatable bonds is 6. The first-order valence-corrected chi connectivity index (χ1v) is 5.50. The summed E-state index contributed by atoms with van der Waals surface area (Å²) < 4.78 is 4.83. The van der Waals surface area contributed by atoms with Crippen LogP contribution < -0.4 is 5.32 Å². The smallest absolute Gasteiger partial charge is 0.320 e. The molecule has 1 aliphatic rings. The van der Waals surface area contributed by atoms with E-state index in [-0.39, 0.29) is 18.5 Å². The Bertz CT molecular complexity index is 258. The fraction of sp³-hybridized carbons (Fsp3) is 0.800. The highest BCUT2D eigenvalue weighted by molar-refractivity contribution is 5.76. The minimum absolute atomic E-state index is 0.0236. The quantitative estimate of drug-likeness (QED) is 0.624. The molecule has 1 aliphatic heterocycles. The van der Waals surface area contributed by atoms with Crippen LogP contribution in [0, 0.1) is 0 Å². The third-order valence-corrected chi connectivity index (χ3v) is 2.40. The fourth-order valence-corrected chi connectivity index (χ4v) is 1.52. The zero-order valence-corrected chi connectivity index (χ0v) is 9.86. The Morgan fingerprint density at radius 1 is 1.62 bits per heavy atom. The van der Waals surface area contributed by atoms with Crippen LogP contribution in [0.25, 0.3) is 0 Å². The summed E-state index contributed by atoms with van der Waals surface area (Å²) in [6, 6.07) is -0.0236. The van der Waals surface area contributed by atoms with Gasteiger partial charge in [0.1, 0.15) is 0 Å². The third-order valence-electron chi connectivity index (χ3n) is 2.40. The summed E-state index contributed by atoms with van der Waals surface area (Å²) in [5.74, 6) is -0.226. The van der Waals surface area contributed by atoms with E-state index >= 15 is 0 Å². The van der Waals surface area contributed by atoms with Crippen molar-refractivity contribution in [3.8, 4) is 0 Å². The molecule has 0 aliphatic carbocycles. The lowest BCUT2D eigenvalue weighted by atomic mass is 10.4. The highest BCUT2D eigenvalue weighted by Crippen LogP contribution is 1.96. The Balaban J connectivity index is 2.16. The number of hydrogen-bond donors (Lipinski definition) is 1. The Hall–Kier alpha value is -1.30. The lowest BCUT2D eigenvalue weighted by Crippen LogP contribution is -2.37. The predicted octanol–water partition coefficient (Wildman–Crippen LogP) is -0.493. The maximum Gasteiger partial charge on any atom is 0.320 e. The van der Waals surface area contributed by atoms with Gasteiger partial charge < -0.3 is 15.0 Å². The molecule has 0 saturated carbocycles. The number of ether oxygens (including phenoxy) is 1. The minimum Gasteiger partial charge on any atom is -0.465 e. The molecule has 92 valence electrons. The van der Waals surface area contributed by atoms with E-state index in [1.54, 1.807) is 11.8 Å². The number of carbonyl (C=O) groups excluding carboxylic acids is 2. The maximum atomic E-state index is 11.2. The van der Waals surface area contributed by atoms with Gasteiger partial charge in [0.2, 0.25) is 0 Å². The summed E-state index contributed by atoms with van der Waals surface area (Å²) in [6.45, 7) is 5.22. The molecule has 0 bridgehead atoms. The van der Waals surface area contributed by atoms with Crippen LogP contribution in [0.4, 0.5) is 4.79 Å². The van der Waals surface area contributed by atoms with E-state index in [1.165, 1.54) is 0 Å². The Morgan fingerprint density at radius 2 is 2.38 bits per heavy atom. The van der Waals surface area contributed by atoms with Gasteiger partial charge in [-0.2, -0.15) is 0 Å². The van der Waals surface area contributed by atoms with E-state index in [0.717, 1.165) is 6.54 Å². The van der Waals surface area contributed by atoms with Crippen LogP contribution in [0.5, 0.6) is 0 Å². The molecule has 1 rings (SSSR count). The number of urea groups is 1. The molecular weight excluding hydrogens is 210 g/mol. The van der Waals surface area contributed by atoms with Crippen LogP contribution in [-0.2, 0) is 9.53 Å². The topological polar surface area (TPSA) is 61.9 Å². The molecule has 2 amide bonds. The standard InChI is InChI=1S/C10H19N3O3/c1-3-16-9(14)8-12(2)6-7-13-5-4-11-10(13)15/h3-8H2,1-2H3,(H,11,15). The van der Waals surface area contributed by atoms with Gasteiger partial charge in [-0.3, -0.25) is 9.69 Å². The molecule has 1 fully saturated rings. The molecule has 16 heavy (non-hydrogen) atoms. The van der Waals surface area contributed by atoms with E-state index in [4.69, 9.17) is 4.74 Å². The predicted molar refractivity (Wildman–Crippen MR) is 59.1 cm³/mol. The van der Waals surface area contributed by atoms with E-state index in [1.807, 2.05) is 11.9 Å². The largest absolute Gasteiger partial charge is 0.465 e. The average Bonchev–Trinajstić information content (AvgIpc) is 2.61. The normalized spacial score (nSPS) is 15.4. The molecule has 0 radical (unpaired) electrons. The van der Waals surface area contributed by atoms with Gasteiger partial charge in [0.15, 0.2) is 0 Å². The number of nitrogens with one attached hydrogen (secondary N) is 1. The van der Waals surface area contributed by atoms with Crippen LogP contribution in [0.3, 0.4) is 0 Å². The van der Waals surface area contributed by atoms with Crippen molar-refractivity contribution in [2.45, 2.75) is 6.92 Å². The molecule has 1 heterocycles. The van der Waals surface area contributed by atoms with Crippen molar-refractivity contribution in [3.05, 3.63) is 0 Å². The summed E-state index contributed by atoms with van der Waals surface area (Å²) in [5.41, 5.74) is 0. The summed E-state index contributed by atoms with van der Waals surface area (Å²) in [6.07, 6.45) is 0. The van der Waals surface area contributed by atoms with Gasteiger partial charge in [0.25, 0.3) is 0 Å². The first-order chi connectivity index (χ1) is 7.63. The first-order valence-electron chi connectivity index (χ1n) is 5.50. The molecule has 0 atom stereocenters. The number of nitrogens with zero attached hydrogens (tertiary/aromatic N) is 2. The van der Waals surface area contributed by atoms with Gasteiger partial charge in [0, 0.05) is 26.2 Å². The number of carbonyl (C=O) groups is 2. The van der Waals surface area contributed by atoms with Crippen molar-refractivity contribution in [2.24, 2.45) is 0 Å². The van der Waals surface area contributed by atoms with Gasteiger partial charge in [-0.1, -0.05) is 0 Å². The zero-order valence-electron chi connectivity index (χ0n) is 9.86. The van der Waals surface area contributed by atoms with Crippen LogP contribution in [0.1, 0.15) is 6.92 Å². The number of likely N-dealkylation sites (N-methyl/N-ethyl adjacent to an activating group) is 1. The second kappa shape index (κ2) is 6.32. The SMILES string of the molecule is CCOC(=O)CN(C)CCN1CCNC1=O. The van der Waals surface area contributed by atoms with Crippen molar-refractivity contribution >= 4 is 12.0 Å². The fourth-order valence-electron chi connectivity index (χ4n) is 1.52. The summed E-state index contributed by atoms with van der Waals surface area (Å²) >= 11 is 0. The van der Waals surface area contributed by atoms with Crippen molar-refractivity contribution in [3.63, 3.8) is 0 Å². The Morgan fingerprint density at radius 3 is 2.94 bits per heavy atom. The average molecular weight is 229 g/mol. The van der Waals surface area contributed by atoms with E-state index in [0.29, 0.717) is 26.2 Å². The molecule has 0 aromatic heterocycles. The van der Waals surface area contributed by atoms with Crippen molar-refractivity contribution in [1.82, 2.24) is 15.1 Å². The maximum absolute atomic E-state index is 11.2. The lowest BCUT2D eigenvalue weighted by molar-refractivity contribution is -0.144. The summed E-state index contributed by atoms with van der Waals surface area (Å²) in [4.78, 5) is 26.0. The number of hydrogen-bond acceptors (Lipinski definition) is 4. The van der Waals surface area contributed by atoms with E-state index < -0.39 is 0 Å². The summed E-state index contributed by atoms with van der Waals surface area (Å²) in [7, 11) is 1.84. The molecule has 1 N–H and O–H groups in total. The minimum atomic E-state index is -0.226. The second-order valence-corrected chi connectivity index (χ2v) is 3.76. The van der Waals surface area contributed by atoms with Gasteiger partial charge in [-0.25, -0.2) is 4.79 Å². The molecule has 0 aromatic rings. The van der Waals surface area contributed by atoms with Crippen molar-refractivity contribution in [2.75, 3.05) is 46.4 Å². The Labute approximate surface area is 95.5 Å². The summed E-state index contributed by atoms with van der Waals surface area (Å²) in [5, 5.41) is 2.73. The van der Waals surface area contributed by atoms with E-state index in [9.17, 15) is 9.59 Å². The van der Waals surface area contributed by atoms with Crippen LogP contribution in [0.2, 0.25) is 0 Å². The molecule has 0 aromatic carbocycles. The zero-order chi connectivity index (χ0) is 12.0. The van der Waals surface area contributed by atoms with Crippen molar-refractivity contribution in [1.29, 1.82) is 0 Å². The van der Waals surface area contributed by atoms with Crippen molar-refractivity contribution < 1.29 is 14.3 Å². The van der Waals surface area contributed by atoms with Crippen LogP contribution in [0.15, 0.2) is 0 Å². The molecular formula is C10H19N3O3.